The highest BCUT2D eigenvalue weighted by atomic mass is 35.5. The van der Waals surface area contributed by atoms with Crippen molar-refractivity contribution in [3.63, 3.8) is 0 Å². The molecule has 0 aromatic heterocycles. The van der Waals surface area contributed by atoms with Crippen LogP contribution in [0.4, 0.5) is 0 Å². The Kier molecular flexibility index (Phi) is 5.16. The number of nitrogens with zero attached hydrogens (tertiary/aromatic N) is 1. The first kappa shape index (κ1) is 18.0. The maximum absolute atomic E-state index is 13.0. The molecule has 132 valence electrons. The fourth-order valence-electron chi connectivity index (χ4n) is 3.23. The van der Waals surface area contributed by atoms with Gasteiger partial charge >= 0.3 is 0 Å². The average Bonchev–Trinajstić information content (AvgIpc) is 2.60. The van der Waals surface area contributed by atoms with Crippen LogP contribution in [0.3, 0.4) is 0 Å². The number of β-lactam (4-membered cyclic amide) rings is 1. The number of sulfonamides is 1. The van der Waals surface area contributed by atoms with Crippen molar-refractivity contribution in [1.82, 2.24) is 4.31 Å². The van der Waals surface area contributed by atoms with Gasteiger partial charge in [0, 0.05) is 5.02 Å². The number of amides is 1. The predicted octanol–water partition coefficient (Wildman–Crippen LogP) is 4.42. The molecule has 6 heteroatoms. The van der Waals surface area contributed by atoms with Gasteiger partial charge in [-0.2, -0.15) is 0 Å². The third kappa shape index (κ3) is 3.31. The summed E-state index contributed by atoms with van der Waals surface area (Å²) in [4.78, 5) is 12.7. The number of hydrogen-bond acceptors (Lipinski definition) is 3. The second-order valence-corrected chi connectivity index (χ2v) is 8.45. The van der Waals surface area contributed by atoms with Gasteiger partial charge in [-0.25, -0.2) is 12.7 Å². The summed E-state index contributed by atoms with van der Waals surface area (Å²) in [7, 11) is -3.90. The van der Waals surface area contributed by atoms with Crippen molar-refractivity contribution in [2.75, 3.05) is 0 Å². The third-order valence-corrected chi connectivity index (χ3v) is 6.59. The molecule has 2 aromatic rings. The molecule has 0 aliphatic carbocycles. The van der Waals surface area contributed by atoms with E-state index >= 15 is 0 Å². The van der Waals surface area contributed by atoms with Gasteiger partial charge < -0.3 is 0 Å². The first-order valence-electron chi connectivity index (χ1n) is 8.35. The van der Waals surface area contributed by atoms with E-state index in [0.717, 1.165) is 22.7 Å². The SMILES string of the molecule is CCCCC1C(=O)N(S(=O)(=O)c2ccc(Cl)cc2)C1c1ccccc1. The fourth-order valence-corrected chi connectivity index (χ4v) is 5.00. The molecule has 0 bridgehead atoms. The summed E-state index contributed by atoms with van der Waals surface area (Å²) in [6.07, 6.45) is 2.56. The normalized spacial score (nSPS) is 20.4. The average molecular weight is 378 g/mol. The molecule has 25 heavy (non-hydrogen) atoms. The largest absolute Gasteiger partial charge is 0.273 e. The van der Waals surface area contributed by atoms with Crippen LogP contribution in [0.2, 0.25) is 5.02 Å². The minimum atomic E-state index is -3.90. The van der Waals surface area contributed by atoms with Crippen LogP contribution in [0.15, 0.2) is 59.5 Å². The van der Waals surface area contributed by atoms with Crippen molar-refractivity contribution in [3.05, 3.63) is 65.2 Å². The number of rotatable bonds is 6. The van der Waals surface area contributed by atoms with Crippen molar-refractivity contribution in [1.29, 1.82) is 0 Å². The van der Waals surface area contributed by atoms with Crippen LogP contribution in [0, 0.1) is 5.92 Å². The minimum absolute atomic E-state index is 0.0834. The van der Waals surface area contributed by atoms with Crippen molar-refractivity contribution < 1.29 is 13.2 Å². The van der Waals surface area contributed by atoms with Crippen molar-refractivity contribution in [3.8, 4) is 0 Å². The standard InChI is InChI=1S/C19H20ClNO3S/c1-2-3-9-17-18(14-7-5-4-6-8-14)21(19(17)22)25(23,24)16-12-10-15(20)11-13-16/h4-8,10-13,17-18H,2-3,9H2,1H3. The quantitative estimate of drug-likeness (QED) is 0.700. The summed E-state index contributed by atoms with van der Waals surface area (Å²) >= 11 is 5.85. The zero-order chi connectivity index (χ0) is 18.0. The van der Waals surface area contributed by atoms with Gasteiger partial charge in [0.15, 0.2) is 0 Å². The monoisotopic (exact) mass is 377 g/mol. The van der Waals surface area contributed by atoms with Crippen LogP contribution < -0.4 is 0 Å². The van der Waals surface area contributed by atoms with E-state index in [2.05, 4.69) is 6.92 Å². The maximum atomic E-state index is 13.0. The van der Waals surface area contributed by atoms with Crippen LogP contribution >= 0.6 is 11.6 Å². The second-order valence-electron chi connectivity index (χ2n) is 6.20. The molecule has 1 aliphatic rings. The molecular formula is C19H20ClNO3S. The molecule has 3 rings (SSSR count). The topological polar surface area (TPSA) is 54.5 Å². The third-order valence-electron chi connectivity index (χ3n) is 4.55. The van der Waals surface area contributed by atoms with Gasteiger partial charge in [-0.15, -0.1) is 0 Å². The van der Waals surface area contributed by atoms with Crippen molar-refractivity contribution in [2.24, 2.45) is 5.92 Å². The molecule has 1 saturated heterocycles. The summed E-state index contributed by atoms with van der Waals surface area (Å²) in [6.45, 7) is 2.06. The summed E-state index contributed by atoms with van der Waals surface area (Å²) in [5.74, 6) is -0.610. The lowest BCUT2D eigenvalue weighted by Crippen LogP contribution is -2.57. The smallest absolute Gasteiger partial charge is 0.267 e. The zero-order valence-electron chi connectivity index (χ0n) is 13.9. The van der Waals surface area contributed by atoms with Crippen LogP contribution in [-0.4, -0.2) is 18.6 Å². The molecule has 1 amide bonds. The van der Waals surface area contributed by atoms with E-state index < -0.39 is 16.1 Å². The molecule has 2 aromatic carbocycles. The molecule has 4 nitrogen and oxygen atoms in total. The fraction of sp³-hybridized carbons (Fsp3) is 0.316. The molecule has 1 heterocycles. The Bertz CT molecular complexity index is 850. The van der Waals surface area contributed by atoms with E-state index in [-0.39, 0.29) is 16.7 Å². The Hall–Kier alpha value is -1.85. The Balaban J connectivity index is 1.98. The Morgan fingerprint density at radius 2 is 1.68 bits per heavy atom. The van der Waals surface area contributed by atoms with E-state index in [4.69, 9.17) is 11.6 Å². The lowest BCUT2D eigenvalue weighted by molar-refractivity contribution is -0.147. The highest BCUT2D eigenvalue weighted by molar-refractivity contribution is 7.89. The number of carbonyl (C=O) groups is 1. The molecule has 0 saturated carbocycles. The lowest BCUT2D eigenvalue weighted by atomic mass is 9.81. The summed E-state index contributed by atoms with van der Waals surface area (Å²) in [6, 6.07) is 14.8. The van der Waals surface area contributed by atoms with Crippen LogP contribution in [-0.2, 0) is 14.8 Å². The molecule has 0 radical (unpaired) electrons. The molecule has 0 spiro atoms. The molecular weight excluding hydrogens is 358 g/mol. The number of halogens is 1. The molecule has 0 N–H and O–H groups in total. The van der Waals surface area contributed by atoms with Gasteiger partial charge in [-0.1, -0.05) is 61.7 Å². The Morgan fingerprint density at radius 1 is 1.04 bits per heavy atom. The minimum Gasteiger partial charge on any atom is -0.273 e. The van der Waals surface area contributed by atoms with Crippen LogP contribution in [0.25, 0.3) is 0 Å². The molecule has 2 atom stereocenters. The zero-order valence-corrected chi connectivity index (χ0v) is 15.5. The summed E-state index contributed by atoms with van der Waals surface area (Å²) < 4.78 is 27.0. The van der Waals surface area contributed by atoms with Gasteiger partial charge in [0.2, 0.25) is 5.91 Å². The number of hydrogen-bond donors (Lipinski definition) is 0. The van der Waals surface area contributed by atoms with Crippen LogP contribution in [0.5, 0.6) is 0 Å². The van der Waals surface area contributed by atoms with Gasteiger partial charge in [-0.05, 0) is 36.2 Å². The Labute approximate surface area is 153 Å². The number of benzene rings is 2. The van der Waals surface area contributed by atoms with Crippen LogP contribution in [0.1, 0.15) is 37.8 Å². The first-order valence-corrected chi connectivity index (χ1v) is 10.2. The second kappa shape index (κ2) is 7.18. The van der Waals surface area contributed by atoms with Crippen molar-refractivity contribution in [2.45, 2.75) is 37.1 Å². The lowest BCUT2D eigenvalue weighted by Gasteiger charge is -2.46. The maximum Gasteiger partial charge on any atom is 0.267 e. The first-order chi connectivity index (χ1) is 12.0. The Morgan fingerprint density at radius 3 is 2.28 bits per heavy atom. The van der Waals surface area contributed by atoms with E-state index in [1.807, 2.05) is 30.3 Å². The highest BCUT2D eigenvalue weighted by Crippen LogP contribution is 2.46. The van der Waals surface area contributed by atoms with E-state index in [1.54, 1.807) is 0 Å². The van der Waals surface area contributed by atoms with E-state index in [9.17, 15) is 13.2 Å². The highest BCUT2D eigenvalue weighted by Gasteiger charge is 2.53. The number of unbranched alkanes of at least 4 members (excludes halogenated alkanes) is 1. The molecule has 2 unspecified atom stereocenters. The van der Waals surface area contributed by atoms with E-state index in [0.29, 0.717) is 11.4 Å². The van der Waals surface area contributed by atoms with Crippen molar-refractivity contribution >= 4 is 27.5 Å². The molecule has 1 fully saturated rings. The predicted molar refractivity (Wildman–Crippen MR) is 97.7 cm³/mol. The molecule has 1 aliphatic heterocycles. The van der Waals surface area contributed by atoms with Gasteiger partial charge in [-0.3, -0.25) is 4.79 Å². The van der Waals surface area contributed by atoms with Gasteiger partial charge in [0.1, 0.15) is 0 Å². The summed E-state index contributed by atoms with van der Waals surface area (Å²) in [5, 5.41) is 0.453. The van der Waals surface area contributed by atoms with Gasteiger partial charge in [0.25, 0.3) is 10.0 Å². The number of carbonyl (C=O) groups excluding carboxylic acids is 1. The summed E-state index contributed by atoms with van der Waals surface area (Å²) in [5.41, 5.74) is 0.848. The van der Waals surface area contributed by atoms with E-state index in [1.165, 1.54) is 24.3 Å². The van der Waals surface area contributed by atoms with Gasteiger partial charge in [0.05, 0.1) is 16.9 Å².